The fraction of sp³-hybridized carbons (Fsp3) is 0.522. The van der Waals surface area contributed by atoms with Gasteiger partial charge < -0.3 is 25.6 Å². The van der Waals surface area contributed by atoms with Crippen LogP contribution in [0.15, 0.2) is 30.3 Å². The van der Waals surface area contributed by atoms with E-state index in [1.165, 1.54) is 4.90 Å². The number of carbonyl (C=O) groups excluding carboxylic acids is 3. The van der Waals surface area contributed by atoms with E-state index in [0.29, 0.717) is 36.7 Å². The molecule has 0 unspecified atom stereocenters. The van der Waals surface area contributed by atoms with Crippen molar-refractivity contribution in [1.82, 2.24) is 25.1 Å². The minimum absolute atomic E-state index is 0.299. The lowest BCUT2D eigenvalue weighted by Crippen LogP contribution is -2.58. The lowest BCUT2D eigenvalue weighted by Gasteiger charge is -2.32. The molecule has 34 heavy (non-hydrogen) atoms. The summed E-state index contributed by atoms with van der Waals surface area (Å²) in [5.41, 5.74) is 1.43. The Morgan fingerprint density at radius 1 is 1.24 bits per heavy atom. The van der Waals surface area contributed by atoms with Crippen LogP contribution in [0, 0.1) is 0 Å². The molecule has 1 aliphatic rings. The molecule has 1 saturated heterocycles. The van der Waals surface area contributed by atoms with Crippen molar-refractivity contribution in [2.75, 3.05) is 25.5 Å². The van der Waals surface area contributed by atoms with Crippen molar-refractivity contribution in [3.63, 3.8) is 0 Å². The summed E-state index contributed by atoms with van der Waals surface area (Å²) < 4.78 is 9.63. The number of likely N-dealkylation sites (N-methyl/N-ethyl adjacent to an activating group) is 1. The number of amides is 3. The molecule has 3 N–H and O–H groups in total. The Hall–Kier alpha value is -2.89. The first-order valence-electron chi connectivity index (χ1n) is 11.5. The van der Waals surface area contributed by atoms with E-state index in [1.807, 2.05) is 37.3 Å². The second-order valence-electron chi connectivity index (χ2n) is 8.15. The molecule has 0 saturated carbocycles. The first kappa shape index (κ1) is 25.7. The number of anilines is 1. The van der Waals surface area contributed by atoms with Gasteiger partial charge in [-0.15, -0.1) is 5.10 Å². The lowest BCUT2D eigenvalue weighted by atomic mass is 10.1. The lowest BCUT2D eigenvalue weighted by molar-refractivity contribution is -0.144. The molecular formula is C23H32N6O4S. The third-order valence-corrected chi connectivity index (χ3v) is 6.54. The number of ether oxygens (including phenoxy) is 1. The van der Waals surface area contributed by atoms with E-state index >= 15 is 0 Å². The zero-order valence-electron chi connectivity index (χ0n) is 19.9. The van der Waals surface area contributed by atoms with Crippen molar-refractivity contribution in [3.05, 3.63) is 30.3 Å². The monoisotopic (exact) mass is 488 g/mol. The summed E-state index contributed by atoms with van der Waals surface area (Å²) in [4.78, 5) is 40.8. The molecule has 11 heteroatoms. The topological polar surface area (TPSA) is 126 Å². The van der Waals surface area contributed by atoms with Crippen LogP contribution >= 0.6 is 11.5 Å². The molecule has 1 aliphatic heterocycles. The summed E-state index contributed by atoms with van der Waals surface area (Å²) in [7, 11) is 1.67. The van der Waals surface area contributed by atoms with Crippen molar-refractivity contribution in [1.29, 1.82) is 0 Å². The molecule has 1 aromatic heterocycles. The van der Waals surface area contributed by atoms with Crippen molar-refractivity contribution in [2.24, 2.45) is 0 Å². The highest BCUT2D eigenvalue weighted by atomic mass is 32.1. The maximum absolute atomic E-state index is 13.5. The maximum atomic E-state index is 13.5. The number of benzene rings is 1. The number of hydrogen-bond donors (Lipinski definition) is 3. The van der Waals surface area contributed by atoms with Crippen molar-refractivity contribution in [3.8, 4) is 11.3 Å². The van der Waals surface area contributed by atoms with Crippen LogP contribution in [0.4, 0.5) is 5.00 Å². The van der Waals surface area contributed by atoms with Crippen LogP contribution in [0.1, 0.15) is 33.6 Å². The summed E-state index contributed by atoms with van der Waals surface area (Å²) >= 11 is 1.09. The van der Waals surface area contributed by atoms with Crippen LogP contribution in [0.25, 0.3) is 11.3 Å². The van der Waals surface area contributed by atoms with Crippen LogP contribution in [0.5, 0.6) is 0 Å². The molecule has 1 aromatic carbocycles. The largest absolute Gasteiger partial charge is 0.376 e. The second kappa shape index (κ2) is 12.0. The highest BCUT2D eigenvalue weighted by Crippen LogP contribution is 2.30. The molecule has 3 amide bonds. The maximum Gasteiger partial charge on any atom is 0.248 e. The van der Waals surface area contributed by atoms with Gasteiger partial charge in [-0.05, 0) is 40.7 Å². The van der Waals surface area contributed by atoms with E-state index in [-0.39, 0.29) is 17.7 Å². The van der Waals surface area contributed by atoms with Gasteiger partial charge in [0.25, 0.3) is 0 Å². The van der Waals surface area contributed by atoms with E-state index in [1.54, 1.807) is 20.9 Å². The van der Waals surface area contributed by atoms with Gasteiger partial charge in [0.05, 0.1) is 12.1 Å². The molecule has 4 atom stereocenters. The Balaban J connectivity index is 1.76. The molecular weight excluding hydrogens is 456 g/mol. The Labute approximate surface area is 203 Å². The summed E-state index contributed by atoms with van der Waals surface area (Å²) in [6.45, 7) is 6.11. The highest BCUT2D eigenvalue weighted by Gasteiger charge is 2.40. The van der Waals surface area contributed by atoms with Gasteiger partial charge in [-0.2, -0.15) is 0 Å². The number of hydrogen-bond acceptors (Lipinski definition) is 8. The molecule has 0 radical (unpaired) electrons. The van der Waals surface area contributed by atoms with E-state index < -0.39 is 24.2 Å². The second-order valence-corrected chi connectivity index (χ2v) is 8.91. The number of aromatic nitrogens is 2. The Bertz CT molecular complexity index is 985. The van der Waals surface area contributed by atoms with E-state index in [2.05, 4.69) is 25.5 Å². The summed E-state index contributed by atoms with van der Waals surface area (Å²) in [5, 5.41) is 13.3. The molecule has 2 aromatic rings. The Morgan fingerprint density at radius 2 is 1.97 bits per heavy atom. The molecule has 3 rings (SSSR count). The minimum Gasteiger partial charge on any atom is -0.376 e. The van der Waals surface area contributed by atoms with E-state index in [9.17, 15) is 14.4 Å². The Morgan fingerprint density at radius 3 is 2.65 bits per heavy atom. The predicted molar refractivity (Wildman–Crippen MR) is 130 cm³/mol. The van der Waals surface area contributed by atoms with Crippen LogP contribution in [-0.2, 0) is 19.1 Å². The van der Waals surface area contributed by atoms with E-state index in [4.69, 9.17) is 4.74 Å². The number of rotatable bonds is 10. The molecule has 0 aliphatic carbocycles. The van der Waals surface area contributed by atoms with Crippen molar-refractivity contribution < 1.29 is 19.1 Å². The van der Waals surface area contributed by atoms with Crippen LogP contribution in [-0.4, -0.2) is 76.6 Å². The first-order valence-corrected chi connectivity index (χ1v) is 12.2. The molecule has 0 bridgehead atoms. The first-order chi connectivity index (χ1) is 16.4. The van der Waals surface area contributed by atoms with Gasteiger partial charge in [0.1, 0.15) is 22.8 Å². The normalized spacial score (nSPS) is 18.2. The third-order valence-electron chi connectivity index (χ3n) is 5.90. The van der Waals surface area contributed by atoms with Gasteiger partial charge in [-0.25, -0.2) is 0 Å². The Kier molecular flexibility index (Phi) is 9.08. The SMILES string of the molecule is CCO[C@@H](C)[C@H](NC(=O)[C@H](C)NC)C(=O)N1CCC[C@H]1C(=O)Nc1snnc1-c1ccccc1. The molecule has 0 spiro atoms. The van der Waals surface area contributed by atoms with Crippen molar-refractivity contribution >= 4 is 34.3 Å². The molecule has 184 valence electrons. The zero-order valence-corrected chi connectivity index (χ0v) is 20.7. The quantitative estimate of drug-likeness (QED) is 0.464. The average Bonchev–Trinajstić information content (AvgIpc) is 3.52. The molecule has 10 nitrogen and oxygen atoms in total. The predicted octanol–water partition coefficient (Wildman–Crippen LogP) is 1.65. The number of carbonyl (C=O) groups is 3. The van der Waals surface area contributed by atoms with Gasteiger partial charge in [0, 0.05) is 30.2 Å². The summed E-state index contributed by atoms with van der Waals surface area (Å²) in [6.07, 6.45) is 0.666. The van der Waals surface area contributed by atoms with Crippen LogP contribution < -0.4 is 16.0 Å². The average molecular weight is 489 g/mol. The number of nitrogens with zero attached hydrogens (tertiary/aromatic N) is 3. The zero-order chi connectivity index (χ0) is 24.7. The number of nitrogens with one attached hydrogen (secondary N) is 3. The summed E-state index contributed by atoms with van der Waals surface area (Å²) in [6, 6.07) is 7.44. The van der Waals surface area contributed by atoms with E-state index in [0.717, 1.165) is 17.1 Å². The van der Waals surface area contributed by atoms with Crippen LogP contribution in [0.2, 0.25) is 0 Å². The number of likely N-dealkylation sites (tertiary alicyclic amines) is 1. The van der Waals surface area contributed by atoms with Gasteiger partial charge >= 0.3 is 0 Å². The fourth-order valence-electron chi connectivity index (χ4n) is 3.88. The van der Waals surface area contributed by atoms with Gasteiger partial charge in [-0.1, -0.05) is 34.8 Å². The standard InChI is InChI=1S/C23H32N6O4S/c1-5-33-15(3)18(25-20(30)14(2)24-4)23(32)29-13-9-12-17(29)21(31)26-22-19(27-28-34-22)16-10-7-6-8-11-16/h6-8,10-11,14-15,17-18,24H,5,9,12-13H2,1-4H3,(H,25,30)(H,26,31)/t14-,15-,17-,18-/m0/s1. The smallest absolute Gasteiger partial charge is 0.248 e. The highest BCUT2D eigenvalue weighted by molar-refractivity contribution is 7.10. The fourth-order valence-corrected chi connectivity index (χ4v) is 4.48. The van der Waals surface area contributed by atoms with Crippen LogP contribution in [0.3, 0.4) is 0 Å². The van der Waals surface area contributed by atoms with Gasteiger partial charge in [0.2, 0.25) is 17.7 Å². The summed E-state index contributed by atoms with van der Waals surface area (Å²) in [5.74, 6) is -0.941. The molecule has 2 heterocycles. The van der Waals surface area contributed by atoms with Gasteiger partial charge in [0.15, 0.2) is 0 Å². The molecule has 1 fully saturated rings. The van der Waals surface area contributed by atoms with Crippen molar-refractivity contribution in [2.45, 2.75) is 57.8 Å². The minimum atomic E-state index is -0.901. The van der Waals surface area contributed by atoms with Gasteiger partial charge in [-0.3, -0.25) is 14.4 Å². The third kappa shape index (κ3) is 5.96.